The van der Waals surface area contributed by atoms with Crippen molar-refractivity contribution in [1.82, 2.24) is 0 Å². The van der Waals surface area contributed by atoms with Gasteiger partial charge in [-0.25, -0.2) is 9.59 Å². The van der Waals surface area contributed by atoms with Crippen molar-refractivity contribution in [3.8, 4) is 11.1 Å². The van der Waals surface area contributed by atoms with Crippen molar-refractivity contribution in [3.05, 3.63) is 51.6 Å². The lowest BCUT2D eigenvalue weighted by atomic mass is 9.95. The highest BCUT2D eigenvalue weighted by atomic mass is 16.5. The van der Waals surface area contributed by atoms with Gasteiger partial charge in [0, 0.05) is 11.6 Å². The summed E-state index contributed by atoms with van der Waals surface area (Å²) in [4.78, 5) is 24.2. The summed E-state index contributed by atoms with van der Waals surface area (Å²) < 4.78 is 9.65. The highest BCUT2D eigenvalue weighted by Crippen LogP contribution is 2.43. The Bertz CT molecular complexity index is 859. The third kappa shape index (κ3) is 3.29. The highest BCUT2D eigenvalue weighted by Gasteiger charge is 2.27. The van der Waals surface area contributed by atoms with E-state index in [0.29, 0.717) is 0 Å². The molecule has 0 unspecified atom stereocenters. The number of esters is 2. The Kier molecular flexibility index (Phi) is 5.31. The molecule has 0 atom stereocenters. The van der Waals surface area contributed by atoms with Crippen molar-refractivity contribution in [2.45, 2.75) is 34.6 Å². The zero-order chi connectivity index (χ0) is 18.9. The van der Waals surface area contributed by atoms with Gasteiger partial charge in [0.25, 0.3) is 0 Å². The van der Waals surface area contributed by atoms with Crippen LogP contribution in [0.15, 0.2) is 18.2 Å². The number of methoxy groups -OCH3 is 2. The van der Waals surface area contributed by atoms with E-state index in [0.717, 1.165) is 44.5 Å². The van der Waals surface area contributed by atoms with Crippen molar-refractivity contribution >= 4 is 17.5 Å². The van der Waals surface area contributed by atoms with Crippen molar-refractivity contribution in [1.29, 1.82) is 0 Å². The Morgan fingerprint density at radius 3 is 1.92 bits per heavy atom. The van der Waals surface area contributed by atoms with Gasteiger partial charge in [-0.15, -0.1) is 0 Å². The Morgan fingerprint density at radius 2 is 1.40 bits per heavy atom. The van der Waals surface area contributed by atoms with Gasteiger partial charge in [-0.05, 0) is 68.0 Å². The van der Waals surface area contributed by atoms with Crippen molar-refractivity contribution in [3.63, 3.8) is 0 Å². The van der Waals surface area contributed by atoms with E-state index < -0.39 is 11.9 Å². The van der Waals surface area contributed by atoms with Gasteiger partial charge in [-0.1, -0.05) is 17.7 Å². The standard InChI is InChI=1S/C21H24O4/c1-11-8-12(2)18-14(4)15(5)20(19(18)13(3)9-11)16(21(23)25-7)10-17(22)24-6/h8-10H,1-7H3/b16-10+. The molecule has 0 fully saturated rings. The maximum atomic E-state index is 12.4. The minimum atomic E-state index is -0.585. The molecule has 25 heavy (non-hydrogen) atoms. The summed E-state index contributed by atoms with van der Waals surface area (Å²) in [5, 5.41) is 0. The molecule has 132 valence electrons. The zero-order valence-corrected chi connectivity index (χ0v) is 15.9. The average molecular weight is 340 g/mol. The lowest BCUT2D eigenvalue weighted by molar-refractivity contribution is -0.136. The molecule has 0 aromatic carbocycles. The zero-order valence-electron chi connectivity index (χ0n) is 15.9. The van der Waals surface area contributed by atoms with Gasteiger partial charge in [-0.2, -0.15) is 0 Å². The van der Waals surface area contributed by atoms with Crippen LogP contribution in [0.5, 0.6) is 0 Å². The van der Waals surface area contributed by atoms with Gasteiger partial charge in [0.2, 0.25) is 0 Å². The molecule has 4 heteroatoms. The molecule has 4 nitrogen and oxygen atoms in total. The molecule has 0 aromatic rings. The van der Waals surface area contributed by atoms with E-state index in [4.69, 9.17) is 9.47 Å². The second kappa shape index (κ2) is 7.09. The quantitative estimate of drug-likeness (QED) is 0.624. The first-order valence-electron chi connectivity index (χ1n) is 8.12. The Morgan fingerprint density at radius 1 is 0.840 bits per heavy atom. The first-order valence-corrected chi connectivity index (χ1v) is 8.12. The fraction of sp³-hybridized carbons (Fsp3) is 0.333. The molecule has 2 rings (SSSR count). The van der Waals surface area contributed by atoms with Gasteiger partial charge in [-0.3, -0.25) is 0 Å². The average Bonchev–Trinajstić information content (AvgIpc) is 2.76. The molecule has 0 aliphatic heterocycles. The SMILES string of the molecule is COC(=O)/C=C(/C(=O)OC)c1c(C)c(C)c2c(C)cc(C)cc(C)c1-2. The summed E-state index contributed by atoms with van der Waals surface area (Å²) >= 11 is 0. The van der Waals surface area contributed by atoms with Crippen LogP contribution < -0.4 is 0 Å². The van der Waals surface area contributed by atoms with Gasteiger partial charge < -0.3 is 9.47 Å². The molecule has 0 amide bonds. The van der Waals surface area contributed by atoms with Crippen molar-refractivity contribution in [2.75, 3.05) is 14.2 Å². The Balaban J connectivity index is 2.96. The van der Waals surface area contributed by atoms with Gasteiger partial charge in [0.05, 0.1) is 19.8 Å². The Labute approximate surface area is 148 Å². The molecule has 0 bridgehead atoms. The maximum absolute atomic E-state index is 12.4. The van der Waals surface area contributed by atoms with Gasteiger partial charge in [0.15, 0.2) is 0 Å². The minimum absolute atomic E-state index is 0.219. The minimum Gasteiger partial charge on any atom is -0.466 e. The number of rotatable bonds is 3. The summed E-state index contributed by atoms with van der Waals surface area (Å²) in [6, 6.07) is 4.22. The Hall–Kier alpha value is -2.62. The van der Waals surface area contributed by atoms with E-state index in [-0.39, 0.29) is 5.57 Å². The van der Waals surface area contributed by atoms with E-state index in [9.17, 15) is 9.59 Å². The van der Waals surface area contributed by atoms with E-state index in [1.807, 2.05) is 27.7 Å². The number of ether oxygens (including phenoxy) is 2. The lowest BCUT2D eigenvalue weighted by Gasteiger charge is -2.10. The van der Waals surface area contributed by atoms with Crippen LogP contribution >= 0.6 is 0 Å². The monoisotopic (exact) mass is 340 g/mol. The number of carbonyl (C=O) groups excluding carboxylic acids is 2. The summed E-state index contributed by atoms with van der Waals surface area (Å²) in [5.74, 6) is -1.14. The second-order valence-corrected chi connectivity index (χ2v) is 6.35. The fourth-order valence-electron chi connectivity index (χ4n) is 3.49. The first-order chi connectivity index (χ1) is 11.7. The van der Waals surface area contributed by atoms with Crippen LogP contribution in [0.25, 0.3) is 16.7 Å². The highest BCUT2D eigenvalue weighted by molar-refractivity contribution is 6.23. The summed E-state index contributed by atoms with van der Waals surface area (Å²) in [5.41, 5.74) is 8.43. The summed E-state index contributed by atoms with van der Waals surface area (Å²) in [7, 11) is 2.59. The molecule has 0 saturated carbocycles. The molecular weight excluding hydrogens is 316 g/mol. The summed E-state index contributed by atoms with van der Waals surface area (Å²) in [6.45, 7) is 10.1. The summed E-state index contributed by atoms with van der Waals surface area (Å²) in [6.07, 6.45) is 1.21. The maximum Gasteiger partial charge on any atom is 0.338 e. The first kappa shape index (κ1) is 18.7. The van der Waals surface area contributed by atoms with Crippen LogP contribution in [0.4, 0.5) is 0 Å². The lowest BCUT2D eigenvalue weighted by Crippen LogP contribution is -2.08. The van der Waals surface area contributed by atoms with Crippen LogP contribution in [0.1, 0.15) is 33.4 Å². The predicted octanol–water partition coefficient (Wildman–Crippen LogP) is 4.06. The third-order valence-electron chi connectivity index (χ3n) is 4.63. The largest absolute Gasteiger partial charge is 0.466 e. The normalized spacial score (nSPS) is 11.6. The molecule has 0 spiro atoms. The van der Waals surface area contributed by atoms with Crippen molar-refractivity contribution in [2.24, 2.45) is 0 Å². The molecule has 0 aromatic heterocycles. The van der Waals surface area contributed by atoms with Crippen LogP contribution in [0, 0.1) is 34.6 Å². The van der Waals surface area contributed by atoms with E-state index >= 15 is 0 Å². The molecule has 0 N–H and O–H groups in total. The number of carbonyl (C=O) groups is 2. The molecule has 2 aliphatic rings. The number of aryl methyl sites for hydroxylation is 3. The van der Waals surface area contributed by atoms with E-state index in [1.165, 1.54) is 20.3 Å². The fourth-order valence-corrected chi connectivity index (χ4v) is 3.49. The predicted molar refractivity (Wildman–Crippen MR) is 98.8 cm³/mol. The third-order valence-corrected chi connectivity index (χ3v) is 4.63. The number of hydrogen-bond donors (Lipinski definition) is 0. The topological polar surface area (TPSA) is 52.6 Å². The van der Waals surface area contributed by atoms with Gasteiger partial charge in [0.1, 0.15) is 0 Å². The van der Waals surface area contributed by atoms with Crippen LogP contribution in [-0.2, 0) is 19.1 Å². The number of hydrogen-bond acceptors (Lipinski definition) is 4. The molecular formula is C21H24O4. The van der Waals surface area contributed by atoms with Crippen LogP contribution in [0.3, 0.4) is 0 Å². The molecule has 0 saturated heterocycles. The second-order valence-electron chi connectivity index (χ2n) is 6.35. The van der Waals surface area contributed by atoms with Crippen LogP contribution in [-0.4, -0.2) is 26.2 Å². The molecule has 0 radical (unpaired) electrons. The van der Waals surface area contributed by atoms with E-state index in [2.05, 4.69) is 19.1 Å². The van der Waals surface area contributed by atoms with E-state index in [1.54, 1.807) is 0 Å². The molecule has 0 heterocycles. The smallest absolute Gasteiger partial charge is 0.338 e. The van der Waals surface area contributed by atoms with Crippen LogP contribution in [0.2, 0.25) is 0 Å². The number of fused-ring (bicyclic) bond motifs is 1. The molecule has 2 aliphatic carbocycles. The van der Waals surface area contributed by atoms with Crippen molar-refractivity contribution < 1.29 is 19.1 Å². The van der Waals surface area contributed by atoms with Gasteiger partial charge >= 0.3 is 11.9 Å².